The largest absolute Gasteiger partial charge is 0.355 e. The molecule has 1 aliphatic heterocycles. The summed E-state index contributed by atoms with van der Waals surface area (Å²) in [6.45, 7) is 6.66. The van der Waals surface area contributed by atoms with Crippen molar-refractivity contribution in [1.29, 1.82) is 0 Å². The van der Waals surface area contributed by atoms with Crippen LogP contribution in [0.25, 0.3) is 0 Å². The van der Waals surface area contributed by atoms with Crippen molar-refractivity contribution in [2.75, 3.05) is 11.9 Å². The average Bonchev–Trinajstić information content (AvgIpc) is 2.71. The Labute approximate surface area is 123 Å². The average molecular weight is 295 g/mol. The molecule has 0 spiro atoms. The van der Waals surface area contributed by atoms with Crippen LogP contribution in [0.3, 0.4) is 0 Å². The van der Waals surface area contributed by atoms with E-state index in [4.69, 9.17) is 11.6 Å². The molecule has 20 heavy (non-hydrogen) atoms. The second-order valence-corrected chi connectivity index (χ2v) is 6.63. The number of benzene rings is 1. The molecule has 5 heteroatoms. The van der Waals surface area contributed by atoms with E-state index in [1.807, 2.05) is 20.8 Å². The summed E-state index contributed by atoms with van der Waals surface area (Å²) in [6.07, 6.45) is 0. The van der Waals surface area contributed by atoms with Gasteiger partial charge in [-0.25, -0.2) is 0 Å². The van der Waals surface area contributed by atoms with Gasteiger partial charge >= 0.3 is 0 Å². The molecule has 0 aliphatic carbocycles. The quantitative estimate of drug-likeness (QED) is 0.824. The molecule has 0 bridgehead atoms. The van der Waals surface area contributed by atoms with E-state index in [-0.39, 0.29) is 23.1 Å². The molecule has 2 atom stereocenters. The topological polar surface area (TPSA) is 58.2 Å². The summed E-state index contributed by atoms with van der Waals surface area (Å²) < 4.78 is 0. The number of carbonyl (C=O) groups excluding carboxylic acids is 2. The maximum atomic E-state index is 12.4. The number of anilines is 1. The van der Waals surface area contributed by atoms with Gasteiger partial charge in [0.25, 0.3) is 0 Å². The van der Waals surface area contributed by atoms with Crippen LogP contribution in [0, 0.1) is 17.3 Å². The van der Waals surface area contributed by atoms with Crippen LogP contribution < -0.4 is 10.6 Å². The second kappa shape index (κ2) is 5.44. The molecular weight excluding hydrogens is 276 g/mol. The van der Waals surface area contributed by atoms with Gasteiger partial charge < -0.3 is 10.6 Å². The first-order chi connectivity index (χ1) is 9.29. The maximum Gasteiger partial charge on any atom is 0.237 e. The van der Waals surface area contributed by atoms with E-state index >= 15 is 0 Å². The second-order valence-electron chi connectivity index (χ2n) is 6.19. The summed E-state index contributed by atoms with van der Waals surface area (Å²) >= 11 is 5.89. The molecule has 1 saturated heterocycles. The van der Waals surface area contributed by atoms with Crippen molar-refractivity contribution in [3.63, 3.8) is 0 Å². The lowest BCUT2D eigenvalue weighted by Gasteiger charge is -2.29. The predicted molar refractivity (Wildman–Crippen MR) is 79.5 cm³/mol. The maximum absolute atomic E-state index is 12.4. The fourth-order valence-electron chi connectivity index (χ4n) is 2.52. The summed E-state index contributed by atoms with van der Waals surface area (Å²) in [4.78, 5) is 24.3. The zero-order valence-corrected chi connectivity index (χ0v) is 12.6. The van der Waals surface area contributed by atoms with E-state index in [0.29, 0.717) is 17.3 Å². The lowest BCUT2D eigenvalue weighted by molar-refractivity contribution is -0.132. The predicted octanol–water partition coefficient (Wildman–Crippen LogP) is 2.69. The molecule has 2 rings (SSSR count). The summed E-state index contributed by atoms with van der Waals surface area (Å²) in [5.74, 6) is -1.16. The van der Waals surface area contributed by atoms with Crippen molar-refractivity contribution in [2.24, 2.45) is 17.3 Å². The first-order valence-electron chi connectivity index (χ1n) is 6.63. The number of halogens is 1. The Hall–Kier alpha value is -1.55. The van der Waals surface area contributed by atoms with Crippen LogP contribution in [0.15, 0.2) is 24.3 Å². The van der Waals surface area contributed by atoms with Gasteiger partial charge in [0.15, 0.2) is 0 Å². The van der Waals surface area contributed by atoms with Crippen LogP contribution in [0.1, 0.15) is 20.8 Å². The van der Waals surface area contributed by atoms with Crippen LogP contribution in [-0.2, 0) is 9.59 Å². The fraction of sp³-hybridized carbons (Fsp3) is 0.467. The highest BCUT2D eigenvalue weighted by Gasteiger charge is 2.45. The van der Waals surface area contributed by atoms with Crippen LogP contribution in [-0.4, -0.2) is 18.4 Å². The van der Waals surface area contributed by atoms with E-state index < -0.39 is 5.92 Å². The third-order valence-corrected chi connectivity index (χ3v) is 3.90. The smallest absolute Gasteiger partial charge is 0.237 e. The minimum Gasteiger partial charge on any atom is -0.355 e. The zero-order valence-electron chi connectivity index (χ0n) is 11.9. The number of carbonyl (C=O) groups is 2. The van der Waals surface area contributed by atoms with Gasteiger partial charge in [0.1, 0.15) is 5.92 Å². The minimum absolute atomic E-state index is 0.0193. The van der Waals surface area contributed by atoms with Gasteiger partial charge in [-0.1, -0.05) is 38.4 Å². The van der Waals surface area contributed by atoms with E-state index in [1.165, 1.54) is 0 Å². The molecule has 1 aliphatic rings. The number of hydrogen-bond acceptors (Lipinski definition) is 2. The summed E-state index contributed by atoms with van der Waals surface area (Å²) in [6, 6.07) is 6.91. The highest BCUT2D eigenvalue weighted by molar-refractivity contribution is 6.30. The highest BCUT2D eigenvalue weighted by Crippen LogP contribution is 2.35. The molecule has 4 nitrogen and oxygen atoms in total. The first-order valence-corrected chi connectivity index (χ1v) is 7.01. The van der Waals surface area contributed by atoms with Gasteiger partial charge in [0, 0.05) is 23.2 Å². The number of nitrogens with one attached hydrogen (secondary N) is 2. The zero-order chi connectivity index (χ0) is 14.9. The molecule has 0 aromatic heterocycles. The molecule has 1 aromatic carbocycles. The van der Waals surface area contributed by atoms with Crippen LogP contribution >= 0.6 is 11.6 Å². The Balaban J connectivity index is 2.17. The summed E-state index contributed by atoms with van der Waals surface area (Å²) in [5, 5.41) is 6.10. The fourth-order valence-corrected chi connectivity index (χ4v) is 2.71. The molecule has 0 unspecified atom stereocenters. The molecule has 0 radical (unpaired) electrons. The lowest BCUT2D eigenvalue weighted by Crippen LogP contribution is -2.37. The van der Waals surface area contributed by atoms with Crippen molar-refractivity contribution in [2.45, 2.75) is 20.8 Å². The van der Waals surface area contributed by atoms with Crippen molar-refractivity contribution in [1.82, 2.24) is 5.32 Å². The Kier molecular flexibility index (Phi) is 4.04. The Morgan fingerprint density at radius 3 is 2.70 bits per heavy atom. The number of rotatable bonds is 2. The summed E-state index contributed by atoms with van der Waals surface area (Å²) in [5.41, 5.74) is 0.491. The molecule has 1 heterocycles. The molecule has 0 saturated carbocycles. The molecule has 2 amide bonds. The Morgan fingerprint density at radius 2 is 2.10 bits per heavy atom. The molecule has 108 valence electrons. The number of amides is 2. The van der Waals surface area contributed by atoms with Gasteiger partial charge in [-0.15, -0.1) is 0 Å². The van der Waals surface area contributed by atoms with Crippen LogP contribution in [0.4, 0.5) is 5.69 Å². The molecule has 2 N–H and O–H groups in total. The van der Waals surface area contributed by atoms with Crippen molar-refractivity contribution < 1.29 is 9.59 Å². The van der Waals surface area contributed by atoms with Crippen molar-refractivity contribution >= 4 is 29.1 Å². The van der Waals surface area contributed by atoms with E-state index in [9.17, 15) is 9.59 Å². The van der Waals surface area contributed by atoms with Gasteiger partial charge in [0.2, 0.25) is 11.8 Å². The van der Waals surface area contributed by atoms with Gasteiger partial charge in [-0.2, -0.15) is 0 Å². The van der Waals surface area contributed by atoms with Crippen molar-refractivity contribution in [3.8, 4) is 0 Å². The molecule has 1 fully saturated rings. The lowest BCUT2D eigenvalue weighted by atomic mass is 9.74. The van der Waals surface area contributed by atoms with Crippen LogP contribution in [0.2, 0.25) is 5.02 Å². The monoisotopic (exact) mass is 294 g/mol. The minimum atomic E-state index is -0.658. The van der Waals surface area contributed by atoms with Gasteiger partial charge in [-0.05, 0) is 23.6 Å². The standard InChI is InChI=1S/C15H19ClN2O2/c1-15(2,3)11-8-17-13(19)12(11)14(20)18-10-6-4-5-9(16)7-10/h4-7,11-12H,8H2,1-3H3,(H,17,19)(H,18,20)/t11-,12+/m1/s1. The third-order valence-electron chi connectivity index (χ3n) is 3.67. The Morgan fingerprint density at radius 1 is 1.40 bits per heavy atom. The van der Waals surface area contributed by atoms with Gasteiger partial charge in [-0.3, -0.25) is 9.59 Å². The summed E-state index contributed by atoms with van der Waals surface area (Å²) in [7, 11) is 0. The third kappa shape index (κ3) is 3.12. The van der Waals surface area contributed by atoms with E-state index in [1.54, 1.807) is 24.3 Å². The van der Waals surface area contributed by atoms with E-state index in [2.05, 4.69) is 10.6 Å². The SMILES string of the molecule is CC(C)(C)[C@@H]1CNC(=O)[C@H]1C(=O)Nc1cccc(Cl)c1. The van der Waals surface area contributed by atoms with E-state index in [0.717, 1.165) is 0 Å². The number of hydrogen-bond donors (Lipinski definition) is 2. The molecule has 1 aromatic rings. The molecular formula is C15H19ClN2O2. The van der Waals surface area contributed by atoms with Crippen LogP contribution in [0.5, 0.6) is 0 Å². The normalized spacial score (nSPS) is 22.5. The van der Waals surface area contributed by atoms with Crippen molar-refractivity contribution in [3.05, 3.63) is 29.3 Å². The first kappa shape index (κ1) is 14.9. The van der Waals surface area contributed by atoms with Gasteiger partial charge in [0.05, 0.1) is 0 Å². The Bertz CT molecular complexity index is 537. The highest BCUT2D eigenvalue weighted by atomic mass is 35.5.